The molecule has 120 valence electrons. The van der Waals surface area contributed by atoms with Crippen LogP contribution in [-0.4, -0.2) is 45.2 Å². The molecule has 0 saturated carbocycles. The van der Waals surface area contributed by atoms with Gasteiger partial charge in [0.05, 0.1) is 16.8 Å². The van der Waals surface area contributed by atoms with Crippen LogP contribution in [0.15, 0.2) is 18.2 Å². The summed E-state index contributed by atoms with van der Waals surface area (Å²) in [6.45, 7) is 0.0467. The van der Waals surface area contributed by atoms with Gasteiger partial charge in [-0.2, -0.15) is 0 Å². The van der Waals surface area contributed by atoms with Gasteiger partial charge in [0.1, 0.15) is 11.4 Å². The largest absolute Gasteiger partial charge is 0.478 e. The molecule has 0 atom stereocenters. The number of H-pyrrole nitrogens is 1. The molecule has 3 N–H and O–H groups in total. The van der Waals surface area contributed by atoms with Crippen molar-refractivity contribution < 1.29 is 38.9 Å². The first kappa shape index (κ1) is 15.2. The van der Waals surface area contributed by atoms with Crippen LogP contribution in [0.1, 0.15) is 41.6 Å². The molecule has 0 spiro atoms. The highest BCUT2D eigenvalue weighted by atomic mass is 16.5. The Labute approximate surface area is 132 Å². The van der Waals surface area contributed by atoms with Crippen molar-refractivity contribution in [2.45, 2.75) is 0 Å². The molecule has 2 aromatic rings. The van der Waals surface area contributed by atoms with E-state index >= 15 is 0 Å². The van der Waals surface area contributed by atoms with E-state index in [0.29, 0.717) is 0 Å². The number of benzene rings is 1. The average molecular weight is 329 g/mol. The summed E-state index contributed by atoms with van der Waals surface area (Å²) in [6, 6.07) is 3.03. The minimum absolute atomic E-state index is 0.0467. The van der Waals surface area contributed by atoms with Crippen molar-refractivity contribution in [3.8, 4) is 17.0 Å². The lowest BCUT2D eigenvalue weighted by molar-refractivity contribution is -0.120. The second kappa shape index (κ2) is 5.16. The number of hydrogen-bond acceptors (Lipinski definition) is 6. The predicted octanol–water partition coefficient (Wildman–Crippen LogP) is 0.992. The minimum atomic E-state index is -1.44. The SMILES string of the molecule is O=COc1cc(C(=O)O)c2c(c1)C(=O)C(=O)c1cc(C(=O)O)[nH]c1-2. The number of hydrogen-bond donors (Lipinski definition) is 3. The quantitative estimate of drug-likeness (QED) is 0.555. The minimum Gasteiger partial charge on any atom is -0.478 e. The summed E-state index contributed by atoms with van der Waals surface area (Å²) < 4.78 is 4.57. The molecule has 1 aromatic heterocycles. The molecule has 24 heavy (non-hydrogen) atoms. The average Bonchev–Trinajstić information content (AvgIpc) is 2.97. The van der Waals surface area contributed by atoms with E-state index in [2.05, 4.69) is 9.72 Å². The van der Waals surface area contributed by atoms with Gasteiger partial charge < -0.3 is 19.9 Å². The van der Waals surface area contributed by atoms with Crippen molar-refractivity contribution in [2.75, 3.05) is 0 Å². The molecule has 9 heteroatoms. The van der Waals surface area contributed by atoms with Crippen molar-refractivity contribution in [1.82, 2.24) is 4.98 Å². The third-order valence-corrected chi connectivity index (χ3v) is 3.52. The Bertz CT molecular complexity index is 953. The van der Waals surface area contributed by atoms with E-state index in [1.165, 1.54) is 0 Å². The lowest BCUT2D eigenvalue weighted by atomic mass is 9.85. The number of aromatic nitrogens is 1. The Morgan fingerprint density at radius 1 is 1.00 bits per heavy atom. The fraction of sp³-hybridized carbons (Fsp3) is 0. The van der Waals surface area contributed by atoms with Crippen LogP contribution in [0.5, 0.6) is 5.75 Å². The van der Waals surface area contributed by atoms with Gasteiger partial charge in [-0.25, -0.2) is 9.59 Å². The number of fused-ring (bicyclic) bond motifs is 3. The van der Waals surface area contributed by atoms with Gasteiger partial charge in [0, 0.05) is 11.1 Å². The molecule has 1 aliphatic rings. The molecule has 1 aromatic carbocycles. The normalized spacial score (nSPS) is 12.3. The number of carboxylic acids is 2. The van der Waals surface area contributed by atoms with Crippen LogP contribution >= 0.6 is 0 Å². The van der Waals surface area contributed by atoms with Crippen LogP contribution in [0.25, 0.3) is 11.3 Å². The second-order valence-electron chi connectivity index (χ2n) is 4.85. The molecule has 9 nitrogen and oxygen atoms in total. The van der Waals surface area contributed by atoms with E-state index in [-0.39, 0.29) is 40.3 Å². The highest BCUT2D eigenvalue weighted by Crippen LogP contribution is 2.38. The fourth-order valence-electron chi connectivity index (χ4n) is 2.55. The third-order valence-electron chi connectivity index (χ3n) is 3.52. The van der Waals surface area contributed by atoms with Gasteiger partial charge in [-0.3, -0.25) is 14.4 Å². The van der Waals surface area contributed by atoms with Gasteiger partial charge in [-0.1, -0.05) is 0 Å². The molecular weight excluding hydrogens is 322 g/mol. The van der Waals surface area contributed by atoms with E-state index in [1.807, 2.05) is 0 Å². The van der Waals surface area contributed by atoms with E-state index in [1.54, 1.807) is 0 Å². The van der Waals surface area contributed by atoms with E-state index in [9.17, 15) is 29.1 Å². The van der Waals surface area contributed by atoms with Crippen LogP contribution in [0.2, 0.25) is 0 Å². The van der Waals surface area contributed by atoms with Crippen molar-refractivity contribution in [3.63, 3.8) is 0 Å². The summed E-state index contributed by atoms with van der Waals surface area (Å²) in [5.74, 6) is -5.05. The molecule has 0 unspecified atom stereocenters. The third kappa shape index (κ3) is 2.07. The van der Waals surface area contributed by atoms with Gasteiger partial charge in [-0.05, 0) is 18.2 Å². The van der Waals surface area contributed by atoms with Gasteiger partial charge in [0.15, 0.2) is 0 Å². The summed E-state index contributed by atoms with van der Waals surface area (Å²) in [7, 11) is 0. The summed E-state index contributed by atoms with van der Waals surface area (Å²) >= 11 is 0. The number of rotatable bonds is 4. The standard InChI is InChI=1S/C15H7NO8/c17-4-24-5-1-6-10(7(2-5)14(20)21)11-8(13(19)12(6)18)3-9(16-11)15(22)23/h1-4,16H,(H,20,21)(H,22,23). The Hall–Kier alpha value is -3.75. The summed E-state index contributed by atoms with van der Waals surface area (Å²) in [5.41, 5.74) is -1.50. The van der Waals surface area contributed by atoms with Gasteiger partial charge in [-0.15, -0.1) is 0 Å². The molecule has 1 heterocycles. The smallest absolute Gasteiger partial charge is 0.352 e. The summed E-state index contributed by atoms with van der Waals surface area (Å²) in [5, 5.41) is 18.4. The van der Waals surface area contributed by atoms with Crippen LogP contribution in [0, 0.1) is 0 Å². The van der Waals surface area contributed by atoms with Crippen LogP contribution in [0.3, 0.4) is 0 Å². The Balaban J connectivity index is 2.39. The molecule has 0 aliphatic heterocycles. The molecule has 3 rings (SSSR count). The zero-order valence-corrected chi connectivity index (χ0v) is 11.7. The Kier molecular flexibility index (Phi) is 3.26. The van der Waals surface area contributed by atoms with Crippen LogP contribution in [0.4, 0.5) is 0 Å². The first-order valence-electron chi connectivity index (χ1n) is 6.42. The zero-order chi connectivity index (χ0) is 17.6. The predicted molar refractivity (Wildman–Crippen MR) is 75.5 cm³/mol. The Morgan fingerprint density at radius 3 is 2.25 bits per heavy atom. The van der Waals surface area contributed by atoms with Crippen molar-refractivity contribution in [3.05, 3.63) is 40.6 Å². The summed E-state index contributed by atoms with van der Waals surface area (Å²) in [4.78, 5) is 59.9. The van der Waals surface area contributed by atoms with Crippen molar-refractivity contribution in [1.29, 1.82) is 0 Å². The first-order valence-corrected chi connectivity index (χ1v) is 6.42. The molecule has 0 fully saturated rings. The lowest BCUT2D eigenvalue weighted by Gasteiger charge is -2.17. The monoisotopic (exact) mass is 329 g/mol. The maximum absolute atomic E-state index is 12.2. The fourth-order valence-corrected chi connectivity index (χ4v) is 2.55. The number of carboxylic acid groups (broad SMARTS) is 2. The number of nitrogens with one attached hydrogen (secondary N) is 1. The molecule has 0 radical (unpaired) electrons. The van der Waals surface area contributed by atoms with Crippen molar-refractivity contribution >= 4 is 30.0 Å². The molecule has 0 bridgehead atoms. The maximum atomic E-state index is 12.2. The zero-order valence-electron chi connectivity index (χ0n) is 11.7. The topological polar surface area (TPSA) is 151 Å². The number of carbonyl (C=O) groups excluding carboxylic acids is 3. The van der Waals surface area contributed by atoms with Gasteiger partial charge >= 0.3 is 11.9 Å². The number of carbonyl (C=O) groups is 5. The highest BCUT2D eigenvalue weighted by Gasteiger charge is 2.36. The number of aromatic amines is 1. The number of ether oxygens (including phenoxy) is 1. The van der Waals surface area contributed by atoms with Crippen LogP contribution in [-0.2, 0) is 4.79 Å². The molecule has 0 saturated heterocycles. The maximum Gasteiger partial charge on any atom is 0.352 e. The molecular formula is C15H7NO8. The number of aromatic carboxylic acids is 2. The highest BCUT2D eigenvalue weighted by molar-refractivity contribution is 6.53. The van der Waals surface area contributed by atoms with Crippen LogP contribution < -0.4 is 4.74 Å². The Morgan fingerprint density at radius 2 is 1.67 bits per heavy atom. The first-order chi connectivity index (χ1) is 11.3. The van der Waals surface area contributed by atoms with E-state index in [4.69, 9.17) is 5.11 Å². The summed E-state index contributed by atoms with van der Waals surface area (Å²) in [6.07, 6.45) is 0. The lowest BCUT2D eigenvalue weighted by Crippen LogP contribution is -2.22. The molecule has 0 amide bonds. The molecule has 1 aliphatic carbocycles. The van der Waals surface area contributed by atoms with E-state index < -0.39 is 29.1 Å². The van der Waals surface area contributed by atoms with E-state index in [0.717, 1.165) is 18.2 Å². The number of Topliss-reactive ketones (excluding diaryl/α,β-unsaturated/α-hetero) is 2. The van der Waals surface area contributed by atoms with Gasteiger partial charge in [0.25, 0.3) is 6.47 Å². The van der Waals surface area contributed by atoms with Gasteiger partial charge in [0.2, 0.25) is 11.6 Å². The second-order valence-corrected chi connectivity index (χ2v) is 4.85. The van der Waals surface area contributed by atoms with Crippen molar-refractivity contribution in [2.24, 2.45) is 0 Å². The number of ketones is 2.